The second-order valence-corrected chi connectivity index (χ2v) is 12.9. The van der Waals surface area contributed by atoms with Crippen molar-refractivity contribution in [2.24, 2.45) is 4.99 Å². The van der Waals surface area contributed by atoms with Crippen LogP contribution >= 0.6 is 35.0 Å². The van der Waals surface area contributed by atoms with Gasteiger partial charge < -0.3 is 14.9 Å². The first kappa shape index (κ1) is 32.3. The van der Waals surface area contributed by atoms with E-state index >= 15 is 0 Å². The average molecular weight is 685 g/mol. The molecule has 4 heterocycles. The Bertz CT molecular complexity index is 2000. The van der Waals surface area contributed by atoms with Crippen molar-refractivity contribution in [1.82, 2.24) is 30.2 Å². The van der Waals surface area contributed by atoms with Crippen LogP contribution in [0.3, 0.4) is 0 Å². The maximum atomic E-state index is 12.7. The number of aliphatic imine (C=N–C) groups is 1. The second-order valence-electron chi connectivity index (χ2n) is 10.9. The lowest BCUT2D eigenvalue weighted by atomic mass is 10.0. The summed E-state index contributed by atoms with van der Waals surface area (Å²) in [5.74, 6) is 1.22. The molecule has 5 aromatic rings. The van der Waals surface area contributed by atoms with E-state index < -0.39 is 0 Å². The molecule has 47 heavy (non-hydrogen) atoms. The van der Waals surface area contributed by atoms with Crippen LogP contribution in [0.4, 0.5) is 4.79 Å². The van der Waals surface area contributed by atoms with Gasteiger partial charge in [-0.05, 0) is 54.3 Å². The van der Waals surface area contributed by atoms with E-state index in [1.807, 2.05) is 43.5 Å². The number of nitrogens with zero attached hydrogens (tertiary/aromatic N) is 4. The molecule has 0 spiro atoms. The van der Waals surface area contributed by atoms with Gasteiger partial charge in [0.25, 0.3) is 0 Å². The van der Waals surface area contributed by atoms with Gasteiger partial charge in [0, 0.05) is 70.3 Å². The van der Waals surface area contributed by atoms with Crippen molar-refractivity contribution in [1.29, 1.82) is 0 Å². The Balaban J connectivity index is 0.989. The summed E-state index contributed by atoms with van der Waals surface area (Å²) in [5, 5.41) is 7.62. The Kier molecular flexibility index (Phi) is 10.2. The molecule has 6 rings (SSSR count). The quantitative estimate of drug-likeness (QED) is 0.143. The molecule has 12 heteroatoms. The summed E-state index contributed by atoms with van der Waals surface area (Å²) >= 11 is 14.3. The molecule has 0 atom stereocenters. The molecule has 9 nitrogen and oxygen atoms in total. The summed E-state index contributed by atoms with van der Waals surface area (Å²) < 4.78 is 2.09. The lowest BCUT2D eigenvalue weighted by Gasteiger charge is -2.15. The minimum absolute atomic E-state index is 0.0281. The van der Waals surface area contributed by atoms with E-state index in [1.165, 1.54) is 11.8 Å². The van der Waals surface area contributed by atoms with Crippen molar-refractivity contribution in [2.45, 2.75) is 44.3 Å². The number of imidazole rings is 1. The van der Waals surface area contributed by atoms with Gasteiger partial charge in [-0.3, -0.25) is 10.1 Å². The van der Waals surface area contributed by atoms with Crippen LogP contribution in [0.15, 0.2) is 111 Å². The topological polar surface area (TPSA) is 117 Å². The third-order valence-corrected chi connectivity index (χ3v) is 9.45. The molecule has 0 saturated carbocycles. The monoisotopic (exact) mass is 683 g/mol. The van der Waals surface area contributed by atoms with Crippen LogP contribution in [0.1, 0.15) is 34.6 Å². The van der Waals surface area contributed by atoms with E-state index in [4.69, 9.17) is 23.2 Å². The number of carbonyl (C=O) groups excluding carboxylic acids is 1. The Labute approximate surface area is 286 Å². The first-order valence-corrected chi connectivity index (χ1v) is 16.5. The normalized spacial score (nSPS) is 12.5. The molecule has 1 aliphatic heterocycles. The number of nitrogens with one attached hydrogen (secondary N) is 3. The van der Waals surface area contributed by atoms with Gasteiger partial charge in [-0.25, -0.2) is 19.8 Å². The van der Waals surface area contributed by atoms with E-state index in [1.54, 1.807) is 42.9 Å². The number of benzene rings is 2. The number of aromatic nitrogens is 4. The molecule has 2 amide bonds. The fourth-order valence-corrected chi connectivity index (χ4v) is 6.56. The number of amides is 2. The van der Waals surface area contributed by atoms with Gasteiger partial charge in [-0.2, -0.15) is 0 Å². The number of carbonyl (C=O) groups is 1. The van der Waals surface area contributed by atoms with Crippen LogP contribution in [0.5, 0.6) is 0 Å². The lowest BCUT2D eigenvalue weighted by Crippen LogP contribution is -2.38. The van der Waals surface area contributed by atoms with E-state index in [-0.39, 0.29) is 18.0 Å². The zero-order chi connectivity index (χ0) is 32.8. The van der Waals surface area contributed by atoms with Gasteiger partial charge in [0.05, 0.1) is 18.4 Å². The Morgan fingerprint density at radius 3 is 2.57 bits per heavy atom. The molecule has 3 N–H and O–H groups in total. The van der Waals surface area contributed by atoms with Crippen LogP contribution in [-0.2, 0) is 25.9 Å². The van der Waals surface area contributed by atoms with Crippen molar-refractivity contribution >= 4 is 46.8 Å². The second kappa shape index (κ2) is 14.8. The molecular weight excluding hydrogens is 653 g/mol. The maximum Gasteiger partial charge on any atom is 0.320 e. The summed E-state index contributed by atoms with van der Waals surface area (Å²) in [4.78, 5) is 42.5. The number of H-pyrrole nitrogens is 1. The molecule has 1 aliphatic rings. The number of halogens is 2. The van der Waals surface area contributed by atoms with E-state index in [2.05, 4.69) is 47.3 Å². The molecule has 2 aromatic carbocycles. The third kappa shape index (κ3) is 8.21. The van der Waals surface area contributed by atoms with Crippen LogP contribution in [0.2, 0.25) is 10.0 Å². The van der Waals surface area contributed by atoms with Crippen LogP contribution in [0, 0.1) is 6.92 Å². The third-order valence-electron chi connectivity index (χ3n) is 7.77. The van der Waals surface area contributed by atoms with Crippen LogP contribution in [0.25, 0.3) is 11.3 Å². The van der Waals surface area contributed by atoms with Crippen LogP contribution < -0.4 is 16.1 Å². The Hall–Kier alpha value is -4.64. The molecule has 0 fully saturated rings. The number of hydrogen-bond donors (Lipinski definition) is 3. The average Bonchev–Trinajstić information content (AvgIpc) is 3.73. The number of amidine groups is 1. The smallest absolute Gasteiger partial charge is 0.320 e. The highest BCUT2D eigenvalue weighted by molar-refractivity contribution is 8.03. The Morgan fingerprint density at radius 1 is 1.00 bits per heavy atom. The van der Waals surface area contributed by atoms with Gasteiger partial charge in [-0.15, -0.1) is 0 Å². The molecule has 0 bridgehead atoms. The zero-order valence-corrected chi connectivity index (χ0v) is 27.8. The number of thioether (sulfide) groups is 1. The predicted octanol–water partition coefficient (Wildman–Crippen LogP) is 7.32. The molecule has 3 aromatic heterocycles. The summed E-state index contributed by atoms with van der Waals surface area (Å²) in [7, 11) is 0. The molecular formula is C35H31Cl2N7O2S. The van der Waals surface area contributed by atoms with Crippen molar-refractivity contribution in [3.63, 3.8) is 0 Å². The van der Waals surface area contributed by atoms with Gasteiger partial charge in [0.15, 0.2) is 5.43 Å². The highest BCUT2D eigenvalue weighted by Crippen LogP contribution is 2.30. The maximum absolute atomic E-state index is 12.7. The predicted molar refractivity (Wildman–Crippen MR) is 188 cm³/mol. The molecule has 0 aliphatic carbocycles. The number of rotatable bonds is 10. The van der Waals surface area contributed by atoms with Gasteiger partial charge in [-0.1, -0.05) is 71.4 Å². The van der Waals surface area contributed by atoms with E-state index in [9.17, 15) is 9.59 Å². The standard InChI is InChI=1S/C35H31Cl2N7O2S/c1-22-26(18-27-28(36)5-4-6-29(27)37)31(45)13-16-44(22)15-12-23-8-10-24(11-9-23)30-20-40-33(42-30)21-41-35(46)43-32-17-25(19-39-32)47-34-7-2-3-14-38-34/h2-11,13-14,16,19-20H,12,15,17-18,21H2,1H3,(H,40,42)(H2,39,41,43,46). The highest BCUT2D eigenvalue weighted by atomic mass is 35.5. The van der Waals surface area contributed by atoms with Crippen molar-refractivity contribution in [2.75, 3.05) is 0 Å². The number of pyridine rings is 2. The van der Waals surface area contributed by atoms with Gasteiger partial charge in [0.1, 0.15) is 16.7 Å². The summed E-state index contributed by atoms with van der Waals surface area (Å²) in [5.41, 5.74) is 5.32. The minimum Gasteiger partial charge on any atom is -0.351 e. The number of aryl methyl sites for hydroxylation is 2. The van der Waals surface area contributed by atoms with Crippen LogP contribution in [-0.4, -0.2) is 31.4 Å². The Morgan fingerprint density at radius 2 is 1.81 bits per heavy atom. The number of aromatic amines is 1. The zero-order valence-electron chi connectivity index (χ0n) is 25.5. The summed E-state index contributed by atoms with van der Waals surface area (Å²) in [6, 6.07) is 20.6. The van der Waals surface area contributed by atoms with Crippen molar-refractivity contribution in [3.05, 3.63) is 145 Å². The first-order valence-electron chi connectivity index (χ1n) is 15.0. The first-order chi connectivity index (χ1) is 22.8. The summed E-state index contributed by atoms with van der Waals surface area (Å²) in [6.45, 7) is 2.91. The minimum atomic E-state index is -0.346. The van der Waals surface area contributed by atoms with E-state index in [0.717, 1.165) is 44.4 Å². The van der Waals surface area contributed by atoms with E-state index in [0.29, 0.717) is 46.7 Å². The molecule has 238 valence electrons. The molecule has 0 saturated heterocycles. The highest BCUT2D eigenvalue weighted by Gasteiger charge is 2.16. The fourth-order valence-electron chi connectivity index (χ4n) is 5.18. The summed E-state index contributed by atoms with van der Waals surface area (Å²) in [6.07, 6.45) is 8.80. The van der Waals surface area contributed by atoms with Crippen molar-refractivity contribution in [3.8, 4) is 11.3 Å². The molecule has 0 unspecified atom stereocenters. The lowest BCUT2D eigenvalue weighted by molar-refractivity contribution is 0.244. The number of hydrogen-bond acceptors (Lipinski definition) is 6. The largest absolute Gasteiger partial charge is 0.351 e. The fraction of sp³-hybridized carbons (Fsp3) is 0.171. The molecule has 0 radical (unpaired) electrons. The van der Waals surface area contributed by atoms with Crippen molar-refractivity contribution < 1.29 is 4.79 Å². The van der Waals surface area contributed by atoms with Gasteiger partial charge in [0.2, 0.25) is 0 Å². The SMILES string of the molecule is Cc1c(Cc2c(Cl)cccc2Cl)c(=O)ccn1CCc1ccc(-c2cnc(CNC(=O)NC3=NC=C(Sc4ccccn4)C3)[nH]2)cc1. The number of urea groups is 1. The van der Waals surface area contributed by atoms with Gasteiger partial charge >= 0.3 is 6.03 Å².